The molecule has 150 valence electrons. The third-order valence-electron chi connectivity index (χ3n) is 4.79. The number of nitrogen functional groups attached to an aromatic ring is 1. The Hall–Kier alpha value is -4.13. The zero-order valence-electron chi connectivity index (χ0n) is 16.1. The number of amides is 1. The minimum Gasteiger partial charge on any atom is -0.495 e. The van der Waals surface area contributed by atoms with Gasteiger partial charge in [-0.1, -0.05) is 18.2 Å². The maximum Gasteiger partial charge on any atom is 0.260 e. The zero-order valence-corrected chi connectivity index (χ0v) is 16.1. The van der Waals surface area contributed by atoms with Crippen LogP contribution < -0.4 is 15.8 Å². The molecule has 3 N–H and O–H groups in total. The van der Waals surface area contributed by atoms with E-state index in [2.05, 4.69) is 5.32 Å². The molecule has 0 saturated carbocycles. The summed E-state index contributed by atoms with van der Waals surface area (Å²) in [4.78, 5) is 26.2. The number of ether oxygens (including phenoxy) is 1. The number of halogens is 1. The summed E-state index contributed by atoms with van der Waals surface area (Å²) in [6.07, 6.45) is 1.66. The lowest BCUT2D eigenvalue weighted by atomic mass is 10.1. The van der Waals surface area contributed by atoms with Gasteiger partial charge in [-0.2, -0.15) is 0 Å². The van der Waals surface area contributed by atoms with E-state index in [0.29, 0.717) is 17.0 Å². The highest BCUT2D eigenvalue weighted by Crippen LogP contribution is 2.31. The number of carbonyl (C=O) groups is 2. The van der Waals surface area contributed by atoms with Gasteiger partial charge in [-0.3, -0.25) is 9.59 Å². The molecule has 1 amide bonds. The number of rotatable bonds is 5. The Morgan fingerprint density at radius 3 is 2.43 bits per heavy atom. The molecule has 4 rings (SSSR count). The van der Waals surface area contributed by atoms with Gasteiger partial charge in [0.15, 0.2) is 0 Å². The molecule has 0 aliphatic rings. The fourth-order valence-corrected chi connectivity index (χ4v) is 3.37. The van der Waals surface area contributed by atoms with Gasteiger partial charge in [-0.25, -0.2) is 4.39 Å². The number of pyridine rings is 1. The third-order valence-corrected chi connectivity index (χ3v) is 4.79. The molecule has 2 heterocycles. The monoisotopic (exact) mass is 403 g/mol. The first-order valence-electron chi connectivity index (χ1n) is 9.14. The number of anilines is 2. The summed E-state index contributed by atoms with van der Waals surface area (Å²) in [6.45, 7) is 0. The lowest BCUT2D eigenvalue weighted by Crippen LogP contribution is -2.14. The molecule has 0 atom stereocenters. The predicted octanol–water partition coefficient (Wildman–Crippen LogP) is 4.15. The second-order valence-electron chi connectivity index (χ2n) is 6.58. The summed E-state index contributed by atoms with van der Waals surface area (Å²) in [5.74, 6) is -0.837. The average molecular weight is 403 g/mol. The molecular weight excluding hydrogens is 385 g/mol. The minimum absolute atomic E-state index is 0.0444. The summed E-state index contributed by atoms with van der Waals surface area (Å²) in [6, 6.07) is 17.3. The van der Waals surface area contributed by atoms with Crippen molar-refractivity contribution in [2.24, 2.45) is 0 Å². The lowest BCUT2D eigenvalue weighted by molar-refractivity contribution is 0.102. The molecule has 0 unspecified atom stereocenters. The van der Waals surface area contributed by atoms with Crippen LogP contribution in [0.25, 0.3) is 5.52 Å². The Balaban J connectivity index is 1.81. The molecule has 0 spiro atoms. The van der Waals surface area contributed by atoms with E-state index in [-0.39, 0.29) is 22.5 Å². The van der Waals surface area contributed by atoms with Crippen LogP contribution in [0.15, 0.2) is 72.9 Å². The number of methoxy groups -OCH3 is 1. The number of ketones is 1. The molecule has 0 saturated heterocycles. The van der Waals surface area contributed by atoms with Gasteiger partial charge >= 0.3 is 0 Å². The molecule has 0 aliphatic carbocycles. The third kappa shape index (κ3) is 3.26. The number of nitrogens with zero attached hydrogens (tertiary/aromatic N) is 1. The summed E-state index contributed by atoms with van der Waals surface area (Å²) >= 11 is 0. The van der Waals surface area contributed by atoms with Gasteiger partial charge in [0.2, 0.25) is 5.78 Å². The molecule has 6 nitrogen and oxygen atoms in total. The Labute approximate surface area is 171 Å². The van der Waals surface area contributed by atoms with Gasteiger partial charge in [0.25, 0.3) is 5.91 Å². The number of carbonyl (C=O) groups excluding carboxylic acids is 2. The Kier molecular flexibility index (Phi) is 4.93. The smallest absolute Gasteiger partial charge is 0.260 e. The predicted molar refractivity (Wildman–Crippen MR) is 113 cm³/mol. The zero-order chi connectivity index (χ0) is 21.3. The second-order valence-corrected chi connectivity index (χ2v) is 6.58. The fraction of sp³-hybridized carbons (Fsp3) is 0.0435. The molecule has 2 aromatic heterocycles. The molecule has 2 aromatic carbocycles. The standard InChI is InChI=1S/C23H18FN3O3/c1-30-18-8-3-2-6-16(18)26-23(29)19-17-7-4-5-13-27(17)21(20(19)25)22(28)14-9-11-15(24)12-10-14/h2-13H,25H2,1H3,(H,26,29). The molecule has 0 aliphatic heterocycles. The van der Waals surface area contributed by atoms with Crippen molar-refractivity contribution >= 4 is 28.6 Å². The maximum absolute atomic E-state index is 13.3. The van der Waals surface area contributed by atoms with Crippen LogP contribution in [0.5, 0.6) is 5.75 Å². The Morgan fingerprint density at radius 1 is 1.00 bits per heavy atom. The van der Waals surface area contributed by atoms with E-state index in [1.54, 1.807) is 53.1 Å². The van der Waals surface area contributed by atoms with E-state index in [4.69, 9.17) is 10.5 Å². The van der Waals surface area contributed by atoms with Gasteiger partial charge in [0.05, 0.1) is 29.6 Å². The number of benzene rings is 2. The normalized spacial score (nSPS) is 10.7. The second kappa shape index (κ2) is 7.71. The van der Waals surface area contributed by atoms with Crippen molar-refractivity contribution in [3.8, 4) is 5.75 Å². The largest absolute Gasteiger partial charge is 0.495 e. The van der Waals surface area contributed by atoms with Crippen molar-refractivity contribution < 1.29 is 18.7 Å². The van der Waals surface area contributed by atoms with Crippen LogP contribution in [0.1, 0.15) is 26.4 Å². The average Bonchev–Trinajstić information content (AvgIpc) is 3.06. The number of nitrogens with two attached hydrogens (primary N) is 1. The molecular formula is C23H18FN3O3. The van der Waals surface area contributed by atoms with Crippen molar-refractivity contribution in [2.45, 2.75) is 0 Å². The lowest BCUT2D eigenvalue weighted by Gasteiger charge is -2.10. The van der Waals surface area contributed by atoms with Gasteiger partial charge in [-0.05, 0) is 48.5 Å². The van der Waals surface area contributed by atoms with Crippen molar-refractivity contribution in [1.29, 1.82) is 0 Å². The summed E-state index contributed by atoms with van der Waals surface area (Å²) in [5.41, 5.74) is 7.88. The molecule has 0 bridgehead atoms. The molecule has 30 heavy (non-hydrogen) atoms. The molecule has 0 fully saturated rings. The van der Waals surface area contributed by atoms with Crippen molar-refractivity contribution in [3.05, 3.63) is 95.6 Å². The van der Waals surface area contributed by atoms with Crippen molar-refractivity contribution in [2.75, 3.05) is 18.2 Å². The van der Waals surface area contributed by atoms with Crippen LogP contribution in [0, 0.1) is 5.82 Å². The van der Waals surface area contributed by atoms with Crippen LogP contribution in [-0.2, 0) is 0 Å². The highest BCUT2D eigenvalue weighted by Gasteiger charge is 2.26. The Morgan fingerprint density at radius 2 is 1.70 bits per heavy atom. The maximum atomic E-state index is 13.3. The number of hydrogen-bond acceptors (Lipinski definition) is 4. The molecule has 7 heteroatoms. The number of fused-ring (bicyclic) bond motifs is 1. The van der Waals surface area contributed by atoms with Gasteiger partial charge in [-0.15, -0.1) is 0 Å². The fourth-order valence-electron chi connectivity index (χ4n) is 3.37. The van der Waals surface area contributed by atoms with Crippen LogP contribution in [0.4, 0.5) is 15.8 Å². The first-order valence-corrected chi connectivity index (χ1v) is 9.14. The van der Waals surface area contributed by atoms with E-state index in [0.717, 1.165) is 0 Å². The Bertz CT molecular complexity index is 1260. The van der Waals surface area contributed by atoms with Gasteiger partial charge < -0.3 is 20.2 Å². The number of aromatic nitrogens is 1. The van der Waals surface area contributed by atoms with Crippen molar-refractivity contribution in [3.63, 3.8) is 0 Å². The van der Waals surface area contributed by atoms with Gasteiger partial charge in [0, 0.05) is 11.8 Å². The van der Waals surface area contributed by atoms with Crippen LogP contribution >= 0.6 is 0 Å². The summed E-state index contributed by atoms with van der Waals surface area (Å²) in [5, 5.41) is 2.79. The number of nitrogens with one attached hydrogen (secondary N) is 1. The van der Waals surface area contributed by atoms with E-state index in [1.165, 1.54) is 31.4 Å². The van der Waals surface area contributed by atoms with Crippen LogP contribution in [-0.4, -0.2) is 23.2 Å². The van der Waals surface area contributed by atoms with E-state index in [1.807, 2.05) is 0 Å². The van der Waals surface area contributed by atoms with Gasteiger partial charge in [0.1, 0.15) is 17.3 Å². The van der Waals surface area contributed by atoms with E-state index < -0.39 is 17.5 Å². The first-order chi connectivity index (χ1) is 14.5. The highest BCUT2D eigenvalue weighted by atomic mass is 19.1. The SMILES string of the molecule is COc1ccccc1NC(=O)c1c(N)c(C(=O)c2ccc(F)cc2)n2ccccc12. The van der Waals surface area contributed by atoms with Crippen LogP contribution in [0.3, 0.4) is 0 Å². The number of hydrogen-bond donors (Lipinski definition) is 2. The quantitative estimate of drug-likeness (QED) is 0.490. The van der Waals surface area contributed by atoms with Crippen molar-refractivity contribution in [1.82, 2.24) is 4.40 Å². The van der Waals surface area contributed by atoms with Crippen LogP contribution in [0.2, 0.25) is 0 Å². The van der Waals surface area contributed by atoms with E-state index in [9.17, 15) is 14.0 Å². The summed E-state index contributed by atoms with van der Waals surface area (Å²) < 4.78 is 20.1. The first kappa shape index (κ1) is 19.2. The summed E-state index contributed by atoms with van der Waals surface area (Å²) in [7, 11) is 1.51. The molecule has 4 aromatic rings. The topological polar surface area (TPSA) is 85.8 Å². The highest BCUT2D eigenvalue weighted by molar-refractivity contribution is 6.20. The number of para-hydroxylation sites is 2. The minimum atomic E-state index is -0.473. The van der Waals surface area contributed by atoms with E-state index >= 15 is 0 Å². The molecule has 0 radical (unpaired) electrons.